The molecule has 28 heavy (non-hydrogen) atoms. The van der Waals surface area contributed by atoms with Crippen LogP contribution in [0.15, 0.2) is 59.6 Å². The Balaban J connectivity index is 1.67. The van der Waals surface area contributed by atoms with Crippen molar-refractivity contribution >= 4 is 28.6 Å². The topological polar surface area (TPSA) is 42.4 Å². The Morgan fingerprint density at radius 2 is 1.93 bits per heavy atom. The minimum absolute atomic E-state index is 0.0958. The van der Waals surface area contributed by atoms with Crippen LogP contribution in [0, 0.1) is 0 Å². The number of carbonyl (C=O) groups excluding carboxylic acids is 1. The smallest absolute Gasteiger partial charge is 0.256 e. The molecule has 144 valence electrons. The third kappa shape index (κ3) is 3.99. The van der Waals surface area contributed by atoms with Gasteiger partial charge in [-0.3, -0.25) is 9.78 Å². The first-order valence-electron chi connectivity index (χ1n) is 9.78. The number of hydrogen-bond donors (Lipinski definition) is 0. The van der Waals surface area contributed by atoms with E-state index in [0.29, 0.717) is 12.2 Å². The summed E-state index contributed by atoms with van der Waals surface area (Å²) in [7, 11) is 0. The molecular weight excluding hydrogens is 368 g/mol. The van der Waals surface area contributed by atoms with E-state index in [1.54, 1.807) is 18.0 Å². The highest BCUT2D eigenvalue weighted by molar-refractivity contribution is 7.99. The Bertz CT molecular complexity index is 969. The van der Waals surface area contributed by atoms with Gasteiger partial charge >= 0.3 is 0 Å². The van der Waals surface area contributed by atoms with Crippen molar-refractivity contribution in [3.8, 4) is 5.75 Å². The summed E-state index contributed by atoms with van der Waals surface area (Å²) in [5.74, 6) is 1.79. The molecule has 4 rings (SSSR count). The molecule has 0 atom stereocenters. The number of rotatable bonds is 6. The zero-order chi connectivity index (χ0) is 19.3. The Morgan fingerprint density at radius 1 is 1.14 bits per heavy atom. The van der Waals surface area contributed by atoms with Gasteiger partial charge in [-0.05, 0) is 42.4 Å². The molecule has 2 aromatic carbocycles. The molecule has 0 spiro atoms. The summed E-state index contributed by atoms with van der Waals surface area (Å²) in [5, 5.41) is 0.988. The van der Waals surface area contributed by atoms with Crippen LogP contribution in [0.3, 0.4) is 0 Å². The second kappa shape index (κ2) is 8.65. The number of likely N-dealkylation sites (tertiary alicyclic amines) is 1. The molecule has 4 nitrogen and oxygen atoms in total. The van der Waals surface area contributed by atoms with Crippen molar-refractivity contribution in [3.05, 3.63) is 65.9 Å². The van der Waals surface area contributed by atoms with E-state index in [9.17, 15) is 4.79 Å². The Morgan fingerprint density at radius 3 is 2.68 bits per heavy atom. The first kappa shape index (κ1) is 18.8. The number of carbonyl (C=O) groups is 1. The second-order valence-electron chi connectivity index (χ2n) is 6.89. The fraction of sp³-hybridized carbons (Fsp3) is 0.304. The van der Waals surface area contributed by atoms with Crippen molar-refractivity contribution in [2.45, 2.75) is 31.3 Å². The van der Waals surface area contributed by atoms with Gasteiger partial charge in [-0.15, -0.1) is 11.8 Å². The van der Waals surface area contributed by atoms with Crippen LogP contribution in [-0.4, -0.2) is 34.6 Å². The van der Waals surface area contributed by atoms with Gasteiger partial charge in [0.05, 0.1) is 11.1 Å². The number of amides is 1. The third-order valence-electron chi connectivity index (χ3n) is 4.95. The molecule has 0 aliphatic carbocycles. The maximum atomic E-state index is 13.0. The predicted octanol–water partition coefficient (Wildman–Crippen LogP) is 5.16. The van der Waals surface area contributed by atoms with Gasteiger partial charge in [0.15, 0.2) is 0 Å². The summed E-state index contributed by atoms with van der Waals surface area (Å²) in [5.41, 5.74) is 2.73. The van der Waals surface area contributed by atoms with Gasteiger partial charge in [-0.1, -0.05) is 37.3 Å². The van der Waals surface area contributed by atoms with Gasteiger partial charge in [0, 0.05) is 29.6 Å². The lowest BCUT2D eigenvalue weighted by atomic mass is 10.1. The zero-order valence-corrected chi connectivity index (χ0v) is 16.9. The fourth-order valence-electron chi connectivity index (χ4n) is 3.52. The summed E-state index contributed by atoms with van der Waals surface area (Å²) in [4.78, 5) is 20.5. The first-order valence-corrected chi connectivity index (χ1v) is 10.8. The quantitative estimate of drug-likeness (QED) is 0.543. The van der Waals surface area contributed by atoms with Crippen molar-refractivity contribution in [1.29, 1.82) is 0 Å². The average Bonchev–Trinajstić information content (AvgIpc) is 3.28. The van der Waals surface area contributed by atoms with Crippen LogP contribution in [0.25, 0.3) is 10.9 Å². The van der Waals surface area contributed by atoms with E-state index in [1.807, 2.05) is 53.4 Å². The van der Waals surface area contributed by atoms with Crippen LogP contribution in [0.5, 0.6) is 5.75 Å². The Labute approximate surface area is 169 Å². The maximum Gasteiger partial charge on any atom is 0.256 e. The Hall–Kier alpha value is -2.53. The summed E-state index contributed by atoms with van der Waals surface area (Å²) < 4.78 is 6.00. The molecule has 0 bridgehead atoms. The van der Waals surface area contributed by atoms with E-state index >= 15 is 0 Å². The van der Waals surface area contributed by atoms with Crippen LogP contribution in [-0.2, 0) is 6.61 Å². The van der Waals surface area contributed by atoms with Crippen molar-refractivity contribution in [2.24, 2.45) is 0 Å². The summed E-state index contributed by atoms with van der Waals surface area (Å²) >= 11 is 1.70. The molecule has 0 saturated carbocycles. The number of pyridine rings is 1. The highest BCUT2D eigenvalue weighted by atomic mass is 32.2. The SMILES string of the molecule is CCSc1c(C(=O)N2CCCC2)cnc2ccc(OCc3ccccc3)cc12. The lowest BCUT2D eigenvalue weighted by molar-refractivity contribution is 0.0789. The van der Waals surface area contributed by atoms with Gasteiger partial charge in [-0.25, -0.2) is 0 Å². The number of benzene rings is 2. The minimum Gasteiger partial charge on any atom is -0.489 e. The summed E-state index contributed by atoms with van der Waals surface area (Å²) in [6.07, 6.45) is 3.91. The monoisotopic (exact) mass is 392 g/mol. The van der Waals surface area contributed by atoms with Gasteiger partial charge in [0.1, 0.15) is 12.4 Å². The molecule has 5 heteroatoms. The predicted molar refractivity (Wildman–Crippen MR) is 114 cm³/mol. The van der Waals surface area contributed by atoms with E-state index in [1.165, 1.54) is 0 Å². The van der Waals surface area contributed by atoms with Crippen molar-refractivity contribution in [1.82, 2.24) is 9.88 Å². The molecule has 0 N–H and O–H groups in total. The number of fused-ring (bicyclic) bond motifs is 1. The van der Waals surface area contributed by atoms with Crippen LogP contribution >= 0.6 is 11.8 Å². The second-order valence-corrected chi connectivity index (χ2v) is 8.16. The van der Waals surface area contributed by atoms with Gasteiger partial charge in [-0.2, -0.15) is 0 Å². The number of nitrogens with zero attached hydrogens (tertiary/aromatic N) is 2. The lowest BCUT2D eigenvalue weighted by Gasteiger charge is -2.18. The minimum atomic E-state index is 0.0958. The number of aromatic nitrogens is 1. The third-order valence-corrected chi connectivity index (χ3v) is 5.97. The molecule has 2 heterocycles. The molecule has 1 amide bonds. The molecule has 1 fully saturated rings. The van der Waals surface area contributed by atoms with Gasteiger partial charge < -0.3 is 9.64 Å². The van der Waals surface area contributed by atoms with Gasteiger partial charge in [0.2, 0.25) is 0 Å². The van der Waals surface area contributed by atoms with E-state index in [2.05, 4.69) is 11.9 Å². The number of hydrogen-bond acceptors (Lipinski definition) is 4. The number of ether oxygens (including phenoxy) is 1. The molecule has 3 aromatic rings. The fourth-order valence-corrected chi connectivity index (χ4v) is 4.42. The van der Waals surface area contributed by atoms with E-state index in [0.717, 1.165) is 58.8 Å². The molecule has 0 radical (unpaired) electrons. The molecular formula is C23H24N2O2S. The molecule has 0 unspecified atom stereocenters. The van der Waals surface area contributed by atoms with Crippen molar-refractivity contribution in [2.75, 3.05) is 18.8 Å². The van der Waals surface area contributed by atoms with Crippen molar-refractivity contribution < 1.29 is 9.53 Å². The summed E-state index contributed by atoms with van der Waals surface area (Å²) in [6.45, 7) is 4.31. The number of thioether (sulfide) groups is 1. The standard InChI is InChI=1S/C23H24N2O2S/c1-2-28-22-19-14-18(27-16-17-8-4-3-5-9-17)10-11-21(19)24-15-20(22)23(26)25-12-6-7-13-25/h3-5,8-11,14-15H,2,6-7,12-13,16H2,1H3. The molecule has 1 aromatic heterocycles. The molecule has 1 aliphatic heterocycles. The molecule has 1 aliphatic rings. The highest BCUT2D eigenvalue weighted by Gasteiger charge is 2.23. The van der Waals surface area contributed by atoms with Crippen molar-refractivity contribution in [3.63, 3.8) is 0 Å². The summed E-state index contributed by atoms with van der Waals surface area (Å²) in [6, 6.07) is 16.1. The van der Waals surface area contributed by atoms with E-state index < -0.39 is 0 Å². The van der Waals surface area contributed by atoms with Crippen LogP contribution in [0.2, 0.25) is 0 Å². The highest BCUT2D eigenvalue weighted by Crippen LogP contribution is 2.34. The van der Waals surface area contributed by atoms with E-state index in [4.69, 9.17) is 4.74 Å². The van der Waals surface area contributed by atoms with Crippen LogP contribution in [0.1, 0.15) is 35.7 Å². The Kier molecular flexibility index (Phi) is 5.81. The normalized spacial score (nSPS) is 13.8. The zero-order valence-electron chi connectivity index (χ0n) is 16.1. The van der Waals surface area contributed by atoms with E-state index in [-0.39, 0.29) is 5.91 Å². The van der Waals surface area contributed by atoms with Crippen LogP contribution < -0.4 is 4.74 Å². The lowest BCUT2D eigenvalue weighted by Crippen LogP contribution is -2.28. The van der Waals surface area contributed by atoms with Crippen LogP contribution in [0.4, 0.5) is 0 Å². The largest absolute Gasteiger partial charge is 0.489 e. The van der Waals surface area contributed by atoms with Gasteiger partial charge in [0.25, 0.3) is 5.91 Å². The molecule has 1 saturated heterocycles. The first-order chi connectivity index (χ1) is 13.8. The maximum absolute atomic E-state index is 13.0. The average molecular weight is 393 g/mol.